The number of carbonyl (C=O) groups excluding carboxylic acids is 1. The fourth-order valence-corrected chi connectivity index (χ4v) is 1.94. The van der Waals surface area contributed by atoms with Gasteiger partial charge in [-0.3, -0.25) is 14.9 Å². The summed E-state index contributed by atoms with van der Waals surface area (Å²) in [4.78, 5) is 32.6. The molecular formula is C11H12N2O6S. The van der Waals surface area contributed by atoms with E-state index in [2.05, 4.69) is 5.32 Å². The number of aliphatic carboxylic acids is 1. The molecule has 0 unspecified atom stereocenters. The number of carboxylic acids is 1. The summed E-state index contributed by atoms with van der Waals surface area (Å²) in [5.74, 6) is -1.92. The summed E-state index contributed by atoms with van der Waals surface area (Å²) in [6.45, 7) is -0.691. The van der Waals surface area contributed by atoms with E-state index < -0.39 is 29.4 Å². The predicted molar refractivity (Wildman–Crippen MR) is 70.5 cm³/mol. The van der Waals surface area contributed by atoms with Gasteiger partial charge in [0.05, 0.1) is 17.3 Å². The molecule has 1 amide bonds. The second-order valence-corrected chi connectivity index (χ2v) is 4.73. The van der Waals surface area contributed by atoms with Crippen LogP contribution < -0.4 is 5.32 Å². The number of hydrogen-bond acceptors (Lipinski definition) is 6. The standard InChI is InChI=1S/C11H12N2O6S/c14-5-9(11(16)17)12-10(15)6-20-8-3-1-7(2-4-8)13(18)19/h1-4,9,14H,5-6H2,(H,12,15)(H,16,17)/t9-/m1/s1. The number of nitro benzene ring substituents is 1. The van der Waals surface area contributed by atoms with Gasteiger partial charge in [0, 0.05) is 17.0 Å². The van der Waals surface area contributed by atoms with Crippen molar-refractivity contribution in [1.29, 1.82) is 0 Å². The van der Waals surface area contributed by atoms with Crippen molar-refractivity contribution in [2.75, 3.05) is 12.4 Å². The van der Waals surface area contributed by atoms with Crippen LogP contribution >= 0.6 is 11.8 Å². The van der Waals surface area contributed by atoms with E-state index in [0.29, 0.717) is 4.90 Å². The largest absolute Gasteiger partial charge is 0.480 e. The first-order chi connectivity index (χ1) is 9.43. The molecule has 1 aromatic carbocycles. The van der Waals surface area contributed by atoms with Crippen LogP contribution in [0.3, 0.4) is 0 Å². The van der Waals surface area contributed by atoms with Gasteiger partial charge in [0.15, 0.2) is 0 Å². The Balaban J connectivity index is 2.48. The fraction of sp³-hybridized carbons (Fsp3) is 0.273. The first-order valence-corrected chi connectivity index (χ1v) is 6.43. The number of non-ortho nitro benzene ring substituents is 1. The van der Waals surface area contributed by atoms with Crippen molar-refractivity contribution in [2.45, 2.75) is 10.9 Å². The average molecular weight is 300 g/mol. The molecule has 1 atom stereocenters. The van der Waals surface area contributed by atoms with Crippen molar-refractivity contribution in [1.82, 2.24) is 5.32 Å². The summed E-state index contributed by atoms with van der Waals surface area (Å²) in [7, 11) is 0. The Morgan fingerprint density at radius 2 is 1.95 bits per heavy atom. The Kier molecular flexibility index (Phi) is 5.94. The molecule has 108 valence electrons. The van der Waals surface area contributed by atoms with E-state index in [4.69, 9.17) is 10.2 Å². The summed E-state index contributed by atoms with van der Waals surface area (Å²) in [6, 6.07) is 4.29. The van der Waals surface area contributed by atoms with Crippen molar-refractivity contribution in [3.8, 4) is 0 Å². The topological polar surface area (TPSA) is 130 Å². The first kappa shape index (κ1) is 15.9. The van der Waals surface area contributed by atoms with Crippen LogP contribution in [0.5, 0.6) is 0 Å². The lowest BCUT2D eigenvalue weighted by molar-refractivity contribution is -0.384. The molecule has 0 spiro atoms. The van der Waals surface area contributed by atoms with Gasteiger partial charge in [0.2, 0.25) is 5.91 Å². The van der Waals surface area contributed by atoms with Gasteiger partial charge in [-0.1, -0.05) is 0 Å². The Bertz CT molecular complexity index is 504. The number of aliphatic hydroxyl groups is 1. The van der Waals surface area contributed by atoms with Crippen LogP contribution in [-0.2, 0) is 9.59 Å². The minimum Gasteiger partial charge on any atom is -0.480 e. The molecular weight excluding hydrogens is 288 g/mol. The van der Waals surface area contributed by atoms with Crippen LogP contribution in [0.4, 0.5) is 5.69 Å². The molecule has 0 bridgehead atoms. The Labute approximate surface area is 117 Å². The number of hydrogen-bond donors (Lipinski definition) is 3. The minimum absolute atomic E-state index is 0.0509. The number of rotatable bonds is 7. The molecule has 0 aromatic heterocycles. The molecule has 1 aromatic rings. The SMILES string of the molecule is O=C(CSc1ccc([N+](=O)[O-])cc1)N[C@H](CO)C(=O)O. The zero-order valence-electron chi connectivity index (χ0n) is 10.2. The van der Waals surface area contributed by atoms with Crippen molar-refractivity contribution in [3.63, 3.8) is 0 Å². The number of carboxylic acid groups (broad SMARTS) is 1. The summed E-state index contributed by atoms with van der Waals surface area (Å²) < 4.78 is 0. The fourth-order valence-electron chi connectivity index (χ4n) is 1.23. The number of thioether (sulfide) groups is 1. The van der Waals surface area contributed by atoms with Crippen molar-refractivity contribution < 1.29 is 24.7 Å². The van der Waals surface area contributed by atoms with Crippen LogP contribution in [0, 0.1) is 10.1 Å². The third-order valence-corrected chi connectivity index (χ3v) is 3.25. The van der Waals surface area contributed by atoms with Crippen LogP contribution in [0.1, 0.15) is 0 Å². The van der Waals surface area contributed by atoms with Gasteiger partial charge in [-0.25, -0.2) is 4.79 Å². The molecule has 0 aliphatic heterocycles. The molecule has 0 aliphatic carbocycles. The van der Waals surface area contributed by atoms with Crippen molar-refractivity contribution in [2.24, 2.45) is 0 Å². The van der Waals surface area contributed by atoms with E-state index >= 15 is 0 Å². The van der Waals surface area contributed by atoms with E-state index in [1.165, 1.54) is 24.3 Å². The van der Waals surface area contributed by atoms with E-state index in [1.807, 2.05) is 0 Å². The van der Waals surface area contributed by atoms with E-state index in [9.17, 15) is 19.7 Å². The van der Waals surface area contributed by atoms with Gasteiger partial charge in [-0.15, -0.1) is 11.8 Å². The van der Waals surface area contributed by atoms with E-state index in [1.54, 1.807) is 0 Å². The maximum absolute atomic E-state index is 11.5. The van der Waals surface area contributed by atoms with E-state index in [-0.39, 0.29) is 11.4 Å². The number of benzene rings is 1. The first-order valence-electron chi connectivity index (χ1n) is 5.44. The smallest absolute Gasteiger partial charge is 0.328 e. The van der Waals surface area contributed by atoms with Crippen molar-refractivity contribution in [3.05, 3.63) is 34.4 Å². The van der Waals surface area contributed by atoms with Gasteiger partial charge in [-0.05, 0) is 12.1 Å². The predicted octanol–water partition coefficient (Wildman–Crippen LogP) is 0.249. The molecule has 0 heterocycles. The number of carbonyl (C=O) groups is 2. The number of nitro groups is 1. The van der Waals surface area contributed by atoms with Crippen LogP contribution in [-0.4, -0.2) is 45.4 Å². The van der Waals surface area contributed by atoms with Crippen LogP contribution in [0.2, 0.25) is 0 Å². The molecule has 8 nitrogen and oxygen atoms in total. The minimum atomic E-state index is -1.33. The van der Waals surface area contributed by atoms with Gasteiger partial charge < -0.3 is 15.5 Å². The quantitative estimate of drug-likeness (QED) is 0.374. The van der Waals surface area contributed by atoms with Crippen LogP contribution in [0.25, 0.3) is 0 Å². The Morgan fingerprint density at radius 1 is 1.35 bits per heavy atom. The summed E-state index contributed by atoms with van der Waals surface area (Å²) in [6.07, 6.45) is 0. The van der Waals surface area contributed by atoms with E-state index in [0.717, 1.165) is 11.8 Å². The molecule has 9 heteroatoms. The molecule has 20 heavy (non-hydrogen) atoms. The Hall–Kier alpha value is -2.13. The van der Waals surface area contributed by atoms with Crippen LogP contribution in [0.15, 0.2) is 29.2 Å². The second kappa shape index (κ2) is 7.46. The molecule has 0 saturated heterocycles. The summed E-state index contributed by atoms with van der Waals surface area (Å²) >= 11 is 1.10. The Morgan fingerprint density at radius 3 is 2.40 bits per heavy atom. The lowest BCUT2D eigenvalue weighted by atomic mass is 10.3. The molecule has 0 radical (unpaired) electrons. The highest BCUT2D eigenvalue weighted by molar-refractivity contribution is 8.00. The van der Waals surface area contributed by atoms with Gasteiger partial charge in [0.25, 0.3) is 5.69 Å². The summed E-state index contributed by atoms with van der Waals surface area (Å²) in [5, 5.41) is 30.0. The lowest BCUT2D eigenvalue weighted by Gasteiger charge is -2.11. The molecule has 0 aliphatic rings. The summed E-state index contributed by atoms with van der Waals surface area (Å²) in [5.41, 5.74) is -0.0509. The normalized spacial score (nSPS) is 11.7. The molecule has 0 fully saturated rings. The highest BCUT2D eigenvalue weighted by atomic mass is 32.2. The highest BCUT2D eigenvalue weighted by Crippen LogP contribution is 2.21. The van der Waals surface area contributed by atoms with Gasteiger partial charge in [-0.2, -0.15) is 0 Å². The third-order valence-electron chi connectivity index (χ3n) is 2.23. The third kappa shape index (κ3) is 4.86. The lowest BCUT2D eigenvalue weighted by Crippen LogP contribution is -2.44. The number of nitrogens with one attached hydrogen (secondary N) is 1. The maximum Gasteiger partial charge on any atom is 0.328 e. The molecule has 0 saturated carbocycles. The van der Waals surface area contributed by atoms with Gasteiger partial charge >= 0.3 is 5.97 Å². The number of aliphatic hydroxyl groups excluding tert-OH is 1. The van der Waals surface area contributed by atoms with Gasteiger partial charge in [0.1, 0.15) is 6.04 Å². The highest BCUT2D eigenvalue weighted by Gasteiger charge is 2.18. The zero-order valence-corrected chi connectivity index (χ0v) is 11.0. The zero-order chi connectivity index (χ0) is 15.1. The molecule has 3 N–H and O–H groups in total. The average Bonchev–Trinajstić information content (AvgIpc) is 2.42. The monoisotopic (exact) mass is 300 g/mol. The number of nitrogens with zero attached hydrogens (tertiary/aromatic N) is 1. The second-order valence-electron chi connectivity index (χ2n) is 3.68. The maximum atomic E-state index is 11.5. The van der Waals surface area contributed by atoms with Crippen molar-refractivity contribution >= 4 is 29.3 Å². The number of amides is 1. The molecule has 1 rings (SSSR count).